The van der Waals surface area contributed by atoms with E-state index < -0.39 is 5.54 Å². The van der Waals surface area contributed by atoms with E-state index in [1.54, 1.807) is 0 Å². The van der Waals surface area contributed by atoms with E-state index in [1.165, 1.54) is 0 Å². The molecule has 0 aromatic carbocycles. The summed E-state index contributed by atoms with van der Waals surface area (Å²) in [6.45, 7) is 5.99. The highest BCUT2D eigenvalue weighted by atomic mass is 16.5. The van der Waals surface area contributed by atoms with Gasteiger partial charge in [-0.1, -0.05) is 6.92 Å². The number of rotatable bonds is 2. The molecule has 1 heterocycles. The Balaban J connectivity index is 2.06. The number of nitriles is 1. The monoisotopic (exact) mass is 250 g/mol. The summed E-state index contributed by atoms with van der Waals surface area (Å²) in [6, 6.07) is 2.30. The number of amides is 1. The maximum atomic E-state index is 12.4. The van der Waals surface area contributed by atoms with E-state index in [1.807, 2.05) is 20.8 Å². The third-order valence-electron chi connectivity index (χ3n) is 4.58. The lowest BCUT2D eigenvalue weighted by Gasteiger charge is -2.26. The van der Waals surface area contributed by atoms with Crippen LogP contribution in [0.5, 0.6) is 0 Å². The Bertz CT molecular complexity index is 368. The predicted octanol–water partition coefficient (Wildman–Crippen LogP) is 2.00. The second-order valence-electron chi connectivity index (χ2n) is 5.82. The van der Waals surface area contributed by atoms with Crippen LogP contribution in [0.15, 0.2) is 0 Å². The third-order valence-corrected chi connectivity index (χ3v) is 4.58. The molecule has 0 spiro atoms. The average Bonchev–Trinajstić information content (AvgIpc) is 2.86. The zero-order chi connectivity index (χ0) is 13.3. The van der Waals surface area contributed by atoms with E-state index in [0.29, 0.717) is 0 Å². The lowest BCUT2D eigenvalue weighted by molar-refractivity contribution is -0.128. The van der Waals surface area contributed by atoms with E-state index in [4.69, 9.17) is 4.74 Å². The molecule has 0 aromatic heterocycles. The van der Waals surface area contributed by atoms with Gasteiger partial charge < -0.3 is 10.1 Å². The van der Waals surface area contributed by atoms with Crippen molar-refractivity contribution in [3.63, 3.8) is 0 Å². The predicted molar refractivity (Wildman–Crippen MR) is 67.6 cm³/mol. The second kappa shape index (κ2) is 4.89. The largest absolute Gasteiger partial charge is 0.374 e. The summed E-state index contributed by atoms with van der Waals surface area (Å²) in [5.74, 6) is 0.0609. The van der Waals surface area contributed by atoms with Gasteiger partial charge in [-0.15, -0.1) is 0 Å². The summed E-state index contributed by atoms with van der Waals surface area (Å²) in [6.07, 6.45) is 3.65. The maximum absolute atomic E-state index is 12.4. The van der Waals surface area contributed by atoms with Crippen LogP contribution in [0.2, 0.25) is 0 Å². The summed E-state index contributed by atoms with van der Waals surface area (Å²) in [4.78, 5) is 12.4. The molecule has 4 unspecified atom stereocenters. The number of nitrogens with one attached hydrogen (secondary N) is 1. The van der Waals surface area contributed by atoms with Crippen molar-refractivity contribution in [2.24, 2.45) is 11.8 Å². The van der Waals surface area contributed by atoms with Crippen molar-refractivity contribution in [1.29, 1.82) is 5.26 Å². The number of nitrogens with zero attached hydrogens (tertiary/aromatic N) is 1. The Morgan fingerprint density at radius 1 is 1.28 bits per heavy atom. The van der Waals surface area contributed by atoms with Crippen LogP contribution in [-0.4, -0.2) is 23.7 Å². The first-order valence-corrected chi connectivity index (χ1v) is 6.88. The minimum Gasteiger partial charge on any atom is -0.374 e. The Morgan fingerprint density at radius 3 is 2.33 bits per heavy atom. The fourth-order valence-corrected chi connectivity index (χ4v) is 3.28. The molecule has 0 radical (unpaired) electrons. The first-order valence-electron chi connectivity index (χ1n) is 6.88. The minimum absolute atomic E-state index is 0.0113. The Labute approximate surface area is 109 Å². The standard InChI is InChI=1S/C14H22N2O2/c1-9-10(2)18-11(3)12(9)13(17)16-14(8-15)6-4-5-7-14/h9-12H,4-7H2,1-3H3,(H,16,17). The van der Waals surface area contributed by atoms with Gasteiger partial charge in [0, 0.05) is 0 Å². The maximum Gasteiger partial charge on any atom is 0.227 e. The van der Waals surface area contributed by atoms with Crippen LogP contribution in [0.4, 0.5) is 0 Å². The van der Waals surface area contributed by atoms with E-state index in [2.05, 4.69) is 11.4 Å². The molecule has 1 saturated carbocycles. The molecule has 4 nitrogen and oxygen atoms in total. The van der Waals surface area contributed by atoms with Crippen molar-refractivity contribution in [2.75, 3.05) is 0 Å². The van der Waals surface area contributed by atoms with Crippen LogP contribution >= 0.6 is 0 Å². The molecule has 1 N–H and O–H groups in total. The summed E-state index contributed by atoms with van der Waals surface area (Å²) in [5, 5.41) is 12.3. The first-order chi connectivity index (χ1) is 8.49. The van der Waals surface area contributed by atoms with Gasteiger partial charge >= 0.3 is 0 Å². The molecule has 0 bridgehead atoms. The highest BCUT2D eigenvalue weighted by molar-refractivity contribution is 5.81. The van der Waals surface area contributed by atoms with E-state index in [9.17, 15) is 10.1 Å². The number of carbonyl (C=O) groups excluding carboxylic acids is 1. The molecule has 18 heavy (non-hydrogen) atoms. The van der Waals surface area contributed by atoms with Gasteiger partial charge in [-0.25, -0.2) is 0 Å². The Hall–Kier alpha value is -1.08. The number of ether oxygens (including phenoxy) is 1. The van der Waals surface area contributed by atoms with E-state index in [-0.39, 0.29) is 30.0 Å². The van der Waals surface area contributed by atoms with Crippen LogP contribution in [0.1, 0.15) is 46.5 Å². The summed E-state index contributed by atoms with van der Waals surface area (Å²) in [7, 11) is 0. The van der Waals surface area contributed by atoms with Gasteiger partial charge in [-0.2, -0.15) is 5.26 Å². The SMILES string of the molecule is CC1OC(C)C(C(=O)NC2(C#N)CCCC2)C1C. The average molecular weight is 250 g/mol. The molecule has 1 aliphatic heterocycles. The summed E-state index contributed by atoms with van der Waals surface area (Å²) >= 11 is 0. The third kappa shape index (κ3) is 2.24. The molecule has 100 valence electrons. The fourth-order valence-electron chi connectivity index (χ4n) is 3.28. The van der Waals surface area contributed by atoms with E-state index >= 15 is 0 Å². The summed E-state index contributed by atoms with van der Waals surface area (Å²) < 4.78 is 5.69. The summed E-state index contributed by atoms with van der Waals surface area (Å²) in [5.41, 5.74) is -0.623. The van der Waals surface area contributed by atoms with Crippen LogP contribution in [0.3, 0.4) is 0 Å². The van der Waals surface area contributed by atoms with E-state index in [0.717, 1.165) is 25.7 Å². The number of hydrogen-bond acceptors (Lipinski definition) is 3. The van der Waals surface area contributed by atoms with Crippen molar-refractivity contribution in [2.45, 2.75) is 64.2 Å². The fraction of sp³-hybridized carbons (Fsp3) is 0.857. The van der Waals surface area contributed by atoms with Crippen molar-refractivity contribution >= 4 is 5.91 Å². The molecule has 1 amide bonds. The molecule has 1 saturated heterocycles. The van der Waals surface area contributed by atoms with Crippen LogP contribution in [0.25, 0.3) is 0 Å². The molecule has 2 fully saturated rings. The van der Waals surface area contributed by atoms with Gasteiger partial charge in [0.15, 0.2) is 0 Å². The molecule has 2 aliphatic rings. The molecule has 0 aromatic rings. The van der Waals surface area contributed by atoms with Gasteiger partial charge in [0.25, 0.3) is 0 Å². The van der Waals surface area contributed by atoms with Crippen molar-refractivity contribution < 1.29 is 9.53 Å². The van der Waals surface area contributed by atoms with Crippen LogP contribution in [-0.2, 0) is 9.53 Å². The molecule has 4 atom stereocenters. The zero-order valence-corrected chi connectivity index (χ0v) is 11.4. The Kier molecular flexibility index (Phi) is 3.63. The number of hydrogen-bond donors (Lipinski definition) is 1. The normalized spacial score (nSPS) is 38.3. The van der Waals surface area contributed by atoms with Gasteiger partial charge in [0.2, 0.25) is 5.91 Å². The zero-order valence-electron chi connectivity index (χ0n) is 11.4. The highest BCUT2D eigenvalue weighted by Gasteiger charge is 2.44. The van der Waals surface area contributed by atoms with Crippen LogP contribution in [0, 0.1) is 23.2 Å². The smallest absolute Gasteiger partial charge is 0.227 e. The quantitative estimate of drug-likeness (QED) is 0.815. The molecular formula is C14H22N2O2. The minimum atomic E-state index is -0.623. The lowest BCUT2D eigenvalue weighted by atomic mass is 9.87. The van der Waals surface area contributed by atoms with Gasteiger partial charge in [-0.3, -0.25) is 4.79 Å². The number of carbonyl (C=O) groups is 1. The molecule has 2 rings (SSSR count). The topological polar surface area (TPSA) is 62.1 Å². The first kappa shape index (κ1) is 13.4. The molecule has 1 aliphatic carbocycles. The lowest BCUT2D eigenvalue weighted by Crippen LogP contribution is -2.49. The molecule has 4 heteroatoms. The van der Waals surface area contributed by atoms with Gasteiger partial charge in [0.1, 0.15) is 5.54 Å². The van der Waals surface area contributed by atoms with Crippen LogP contribution < -0.4 is 5.32 Å². The second-order valence-corrected chi connectivity index (χ2v) is 5.82. The van der Waals surface area contributed by atoms with Crippen molar-refractivity contribution in [3.8, 4) is 6.07 Å². The van der Waals surface area contributed by atoms with Gasteiger partial charge in [-0.05, 0) is 45.4 Å². The van der Waals surface area contributed by atoms with Gasteiger partial charge in [0.05, 0.1) is 24.2 Å². The molecular weight excluding hydrogens is 228 g/mol. The van der Waals surface area contributed by atoms with Crippen molar-refractivity contribution in [1.82, 2.24) is 5.32 Å². The highest BCUT2D eigenvalue weighted by Crippen LogP contribution is 2.34. The van der Waals surface area contributed by atoms with Crippen molar-refractivity contribution in [3.05, 3.63) is 0 Å². The Morgan fingerprint density at radius 2 is 1.89 bits per heavy atom.